The summed E-state index contributed by atoms with van der Waals surface area (Å²) in [6.07, 6.45) is 3.65. The van der Waals surface area contributed by atoms with Crippen LogP contribution in [0.2, 0.25) is 5.02 Å². The summed E-state index contributed by atoms with van der Waals surface area (Å²) in [5, 5.41) is 4.15. The van der Waals surface area contributed by atoms with Crippen molar-refractivity contribution in [2.24, 2.45) is 0 Å². The minimum Gasteiger partial charge on any atom is -0.377 e. The fraction of sp³-hybridized carbons (Fsp3) is 0.214. The van der Waals surface area contributed by atoms with E-state index >= 15 is 0 Å². The van der Waals surface area contributed by atoms with E-state index in [2.05, 4.69) is 39.2 Å². The van der Waals surface area contributed by atoms with Gasteiger partial charge in [-0.1, -0.05) is 33.6 Å². The summed E-state index contributed by atoms with van der Waals surface area (Å²) in [4.78, 5) is 4.16. The zero-order chi connectivity index (χ0) is 13.1. The average Bonchev–Trinajstić information content (AvgIpc) is 2.28. The fourth-order valence-electron chi connectivity index (χ4n) is 1.81. The molecule has 0 aliphatic rings. The van der Waals surface area contributed by atoms with Gasteiger partial charge in [-0.05, 0) is 43.2 Å². The van der Waals surface area contributed by atoms with Crippen molar-refractivity contribution >= 4 is 33.2 Å². The van der Waals surface area contributed by atoms with Crippen LogP contribution in [-0.2, 0) is 0 Å². The molecule has 2 aromatic rings. The highest BCUT2D eigenvalue weighted by atomic mass is 79.9. The molecule has 18 heavy (non-hydrogen) atoms. The molecule has 0 radical (unpaired) electrons. The van der Waals surface area contributed by atoms with Crippen LogP contribution >= 0.6 is 27.5 Å². The Morgan fingerprint density at radius 2 is 2.06 bits per heavy atom. The summed E-state index contributed by atoms with van der Waals surface area (Å²) in [6.45, 7) is 4.10. The van der Waals surface area contributed by atoms with Gasteiger partial charge in [0.1, 0.15) is 0 Å². The van der Waals surface area contributed by atoms with Crippen molar-refractivity contribution in [3.05, 3.63) is 57.3 Å². The molecule has 2 nitrogen and oxygen atoms in total. The summed E-state index contributed by atoms with van der Waals surface area (Å²) in [5.41, 5.74) is 3.21. The molecule has 0 saturated heterocycles. The van der Waals surface area contributed by atoms with E-state index < -0.39 is 0 Å². The molecule has 94 valence electrons. The highest BCUT2D eigenvalue weighted by molar-refractivity contribution is 9.10. The minimum absolute atomic E-state index is 0.134. The van der Waals surface area contributed by atoms with Crippen LogP contribution in [-0.4, -0.2) is 4.98 Å². The van der Waals surface area contributed by atoms with Gasteiger partial charge in [0.15, 0.2) is 0 Å². The lowest BCUT2D eigenvalue weighted by Gasteiger charge is -2.17. The van der Waals surface area contributed by atoms with Crippen LogP contribution in [0.1, 0.15) is 24.1 Å². The summed E-state index contributed by atoms with van der Waals surface area (Å²) < 4.78 is 0.987. The van der Waals surface area contributed by atoms with E-state index in [0.29, 0.717) is 0 Å². The van der Waals surface area contributed by atoms with Crippen LogP contribution in [0, 0.1) is 6.92 Å². The zero-order valence-electron chi connectivity index (χ0n) is 10.2. The highest BCUT2D eigenvalue weighted by Crippen LogP contribution is 2.28. The molecule has 1 aromatic carbocycles. The van der Waals surface area contributed by atoms with Crippen molar-refractivity contribution in [1.82, 2.24) is 4.98 Å². The van der Waals surface area contributed by atoms with E-state index in [4.69, 9.17) is 11.6 Å². The average molecular weight is 326 g/mol. The number of aromatic nitrogens is 1. The maximum atomic E-state index is 6.24. The van der Waals surface area contributed by atoms with Gasteiger partial charge in [0, 0.05) is 21.9 Å². The molecule has 2 rings (SSSR count). The molecular formula is C14H14BrClN2. The second kappa shape index (κ2) is 5.72. The highest BCUT2D eigenvalue weighted by Gasteiger charge is 2.10. The third kappa shape index (κ3) is 3.24. The predicted octanol–water partition coefficient (Wildman–Crippen LogP) is 4.98. The number of rotatable bonds is 3. The first-order valence-electron chi connectivity index (χ1n) is 5.69. The molecular weight excluding hydrogens is 312 g/mol. The van der Waals surface area contributed by atoms with Crippen molar-refractivity contribution in [1.29, 1.82) is 0 Å². The van der Waals surface area contributed by atoms with Crippen LogP contribution < -0.4 is 5.32 Å². The quantitative estimate of drug-likeness (QED) is 0.861. The molecule has 1 N–H and O–H groups in total. The number of aryl methyl sites for hydroxylation is 1. The number of nitrogens with one attached hydrogen (secondary N) is 1. The Hall–Kier alpha value is -1.06. The van der Waals surface area contributed by atoms with Gasteiger partial charge >= 0.3 is 0 Å². The van der Waals surface area contributed by atoms with E-state index in [1.54, 1.807) is 0 Å². The molecule has 1 heterocycles. The first kappa shape index (κ1) is 13.4. The summed E-state index contributed by atoms with van der Waals surface area (Å²) in [5.74, 6) is 0. The van der Waals surface area contributed by atoms with Gasteiger partial charge < -0.3 is 5.32 Å². The van der Waals surface area contributed by atoms with Crippen molar-refractivity contribution < 1.29 is 0 Å². The lowest BCUT2D eigenvalue weighted by molar-refractivity contribution is 0.882. The molecule has 0 aliphatic heterocycles. The molecule has 1 unspecified atom stereocenters. The number of halogens is 2. The lowest BCUT2D eigenvalue weighted by atomic mass is 10.1. The van der Waals surface area contributed by atoms with Gasteiger partial charge in [0.05, 0.1) is 11.7 Å². The number of benzene rings is 1. The topological polar surface area (TPSA) is 24.9 Å². The van der Waals surface area contributed by atoms with Crippen molar-refractivity contribution in [2.75, 3.05) is 5.32 Å². The van der Waals surface area contributed by atoms with Gasteiger partial charge in [0.25, 0.3) is 0 Å². The maximum Gasteiger partial charge on any atom is 0.0534 e. The van der Waals surface area contributed by atoms with E-state index in [-0.39, 0.29) is 6.04 Å². The Balaban J connectivity index is 2.19. The van der Waals surface area contributed by atoms with Crippen molar-refractivity contribution in [3.8, 4) is 0 Å². The third-order valence-electron chi connectivity index (χ3n) is 2.69. The van der Waals surface area contributed by atoms with Crippen LogP contribution in [0.15, 0.2) is 41.1 Å². The number of nitrogens with zero attached hydrogens (tertiary/aromatic N) is 1. The van der Waals surface area contributed by atoms with Gasteiger partial charge in [-0.25, -0.2) is 0 Å². The third-order valence-corrected chi connectivity index (χ3v) is 3.51. The normalized spacial score (nSPS) is 12.2. The Labute approximate surface area is 121 Å². The Kier molecular flexibility index (Phi) is 4.25. The molecule has 1 aromatic heterocycles. The number of hydrogen-bond donors (Lipinski definition) is 1. The first-order valence-corrected chi connectivity index (χ1v) is 6.86. The van der Waals surface area contributed by atoms with E-state index in [1.165, 1.54) is 0 Å². The van der Waals surface area contributed by atoms with E-state index in [9.17, 15) is 0 Å². The fourth-order valence-corrected chi connectivity index (χ4v) is 2.65. The first-order chi connectivity index (χ1) is 8.56. The van der Waals surface area contributed by atoms with Crippen LogP contribution in [0.5, 0.6) is 0 Å². The maximum absolute atomic E-state index is 6.24. The molecule has 0 fully saturated rings. The predicted molar refractivity (Wildman–Crippen MR) is 80.2 cm³/mol. The SMILES string of the molecule is Cc1cncc(NC(C)c2ccc(Br)cc2Cl)c1. The molecule has 0 aliphatic carbocycles. The van der Waals surface area contributed by atoms with Crippen molar-refractivity contribution in [2.45, 2.75) is 19.9 Å². The second-order valence-corrected chi connectivity index (χ2v) is 5.61. The number of anilines is 1. The van der Waals surface area contributed by atoms with E-state index in [1.807, 2.05) is 37.5 Å². The van der Waals surface area contributed by atoms with Gasteiger partial charge in [-0.3, -0.25) is 4.98 Å². The molecule has 0 saturated carbocycles. The summed E-state index contributed by atoms with van der Waals surface area (Å²) >= 11 is 9.64. The van der Waals surface area contributed by atoms with Gasteiger partial charge in [0.2, 0.25) is 0 Å². The smallest absolute Gasteiger partial charge is 0.0534 e. The van der Waals surface area contributed by atoms with E-state index in [0.717, 1.165) is 26.3 Å². The number of hydrogen-bond acceptors (Lipinski definition) is 2. The largest absolute Gasteiger partial charge is 0.377 e. The van der Waals surface area contributed by atoms with Crippen LogP contribution in [0.25, 0.3) is 0 Å². The molecule has 4 heteroatoms. The molecule has 0 bridgehead atoms. The molecule has 1 atom stereocenters. The standard InChI is InChI=1S/C14H14BrClN2/c1-9-5-12(8-17-7-9)18-10(2)13-4-3-11(15)6-14(13)16/h3-8,10,18H,1-2H3. The monoisotopic (exact) mass is 324 g/mol. The van der Waals surface area contributed by atoms with Crippen LogP contribution in [0.4, 0.5) is 5.69 Å². The summed E-state index contributed by atoms with van der Waals surface area (Å²) in [6, 6.07) is 8.12. The number of pyridine rings is 1. The molecule has 0 amide bonds. The summed E-state index contributed by atoms with van der Waals surface area (Å²) in [7, 11) is 0. The van der Waals surface area contributed by atoms with Gasteiger partial charge in [-0.2, -0.15) is 0 Å². The van der Waals surface area contributed by atoms with Crippen LogP contribution in [0.3, 0.4) is 0 Å². The Bertz CT molecular complexity index is 557. The minimum atomic E-state index is 0.134. The Morgan fingerprint density at radius 1 is 1.28 bits per heavy atom. The second-order valence-electron chi connectivity index (χ2n) is 4.28. The van der Waals surface area contributed by atoms with Crippen molar-refractivity contribution in [3.63, 3.8) is 0 Å². The Morgan fingerprint density at radius 3 is 2.72 bits per heavy atom. The van der Waals surface area contributed by atoms with Gasteiger partial charge in [-0.15, -0.1) is 0 Å². The zero-order valence-corrected chi connectivity index (χ0v) is 12.6. The lowest BCUT2D eigenvalue weighted by Crippen LogP contribution is -2.07. The molecule has 0 spiro atoms.